The van der Waals surface area contributed by atoms with Gasteiger partial charge in [0, 0.05) is 0 Å². The van der Waals surface area contributed by atoms with Crippen molar-refractivity contribution in [1.29, 1.82) is 0 Å². The monoisotopic (exact) mass is 233 g/mol. The Balaban J connectivity index is 0. The molecule has 6 heteroatoms. The van der Waals surface area contributed by atoms with Gasteiger partial charge in [-0.15, -0.1) is 0 Å². The van der Waals surface area contributed by atoms with Gasteiger partial charge in [0.25, 0.3) is 0 Å². The van der Waals surface area contributed by atoms with Crippen molar-refractivity contribution in [3.63, 3.8) is 0 Å². The maximum Gasteiger partial charge on any atom is 2.00 e. The van der Waals surface area contributed by atoms with Gasteiger partial charge >= 0.3 is 19.5 Å². The smallest absolute Gasteiger partial charge is 0.780 e. The van der Waals surface area contributed by atoms with E-state index in [0.717, 1.165) is 0 Å². The Labute approximate surface area is 79.1 Å². The molecule has 0 saturated heterocycles. The van der Waals surface area contributed by atoms with E-state index in [0.29, 0.717) is 13.2 Å². The van der Waals surface area contributed by atoms with Gasteiger partial charge in [-0.25, -0.2) is 0 Å². The summed E-state index contributed by atoms with van der Waals surface area (Å²) < 4.78 is 9.24. The Morgan fingerprint density at radius 1 is 1.30 bits per heavy atom. The van der Waals surface area contributed by atoms with Crippen LogP contribution in [0, 0.1) is 0 Å². The van der Waals surface area contributed by atoms with Crippen LogP contribution in [0.15, 0.2) is 0 Å². The maximum atomic E-state index is 10.8. The number of hydrogen-bond acceptors (Lipinski definition) is 4. The zero-order valence-corrected chi connectivity index (χ0v) is 10.9. The van der Waals surface area contributed by atoms with Crippen molar-refractivity contribution in [2.45, 2.75) is 13.8 Å². The summed E-state index contributed by atoms with van der Waals surface area (Å²) in [6.45, 7) is 0.999. The van der Waals surface area contributed by atoms with Crippen molar-refractivity contribution >= 4 is 18.5 Å². The number of rotatable bonds is 4. The third-order valence-corrected chi connectivity index (χ3v) is 2.36. The van der Waals surface area contributed by atoms with Crippen molar-refractivity contribution in [3.8, 4) is 0 Å². The van der Waals surface area contributed by atoms with Crippen LogP contribution in [0.25, 0.3) is 0 Å². The molecule has 0 unspecified atom stereocenters. The molecule has 0 radical (unpaired) electrons. The summed E-state index contributed by atoms with van der Waals surface area (Å²) in [5.74, 6) is 0. The minimum atomic E-state index is -3.11. The second kappa shape index (κ2) is 6.84. The molecule has 0 rings (SSSR count). The Morgan fingerprint density at radius 2 is 1.60 bits per heavy atom. The molecule has 0 bridgehead atoms. The van der Waals surface area contributed by atoms with Crippen LogP contribution in [-0.2, 0) is 40.3 Å². The van der Waals surface area contributed by atoms with E-state index >= 15 is 0 Å². The first-order valence-electron chi connectivity index (χ1n) is 2.72. The van der Waals surface area contributed by atoms with E-state index in [-0.39, 0.29) is 19.5 Å². The zero-order chi connectivity index (χ0) is 7.33. The average molecular weight is 235 g/mol. The summed E-state index contributed by atoms with van der Waals surface area (Å²) in [5, 5.41) is 0. The van der Waals surface area contributed by atoms with E-state index in [1.807, 2.05) is 0 Å². The van der Waals surface area contributed by atoms with Crippen LogP contribution in [0.4, 0.5) is 0 Å². The summed E-state index contributed by atoms with van der Waals surface area (Å²) in [5.41, 5.74) is 0. The van der Waals surface area contributed by atoms with E-state index in [1.54, 1.807) is 13.8 Å². The summed E-state index contributed by atoms with van der Waals surface area (Å²) in [6.07, 6.45) is 0. The molecule has 56 valence electrons. The van der Waals surface area contributed by atoms with Crippen molar-refractivity contribution in [1.82, 2.24) is 0 Å². The Kier molecular flexibility index (Phi) is 9.38. The third-order valence-electron chi connectivity index (χ3n) is 0.574. The maximum absolute atomic E-state index is 10.8. The predicted octanol–water partition coefficient (Wildman–Crippen LogP) is 0.642. The van der Waals surface area contributed by atoms with Crippen LogP contribution in [0.1, 0.15) is 13.8 Å². The van der Waals surface area contributed by atoms with Gasteiger partial charge in [-0.3, -0.25) is 0 Å². The Bertz CT molecular complexity index is 111. The van der Waals surface area contributed by atoms with E-state index in [4.69, 9.17) is 0 Å². The molecule has 10 heavy (non-hydrogen) atoms. The number of hydrogen-bond donors (Lipinski definition) is 0. The summed E-state index contributed by atoms with van der Waals surface area (Å²) in [6, 6.07) is 0. The molecule has 0 fully saturated rings. The topological polar surface area (TPSA) is 41.5 Å². The summed E-state index contributed by atoms with van der Waals surface area (Å²) in [4.78, 5) is 10.8. The van der Waals surface area contributed by atoms with E-state index in [9.17, 15) is 4.89 Å². The second-order valence-corrected chi connectivity index (χ2v) is 4.04. The minimum Gasteiger partial charge on any atom is -0.780 e. The van der Waals surface area contributed by atoms with E-state index in [1.165, 1.54) is 0 Å². The molecule has 0 heterocycles. The van der Waals surface area contributed by atoms with Gasteiger partial charge in [0.2, 0.25) is 0 Å². The van der Waals surface area contributed by atoms with Crippen LogP contribution in [-0.4, -0.2) is 13.2 Å². The molecule has 0 aromatic carbocycles. The van der Waals surface area contributed by atoms with Gasteiger partial charge in [-0.2, -0.15) is 0 Å². The molecule has 0 aliphatic carbocycles. The van der Waals surface area contributed by atoms with Gasteiger partial charge in [-0.05, 0) is 13.8 Å². The molecule has 0 aromatic rings. The van der Waals surface area contributed by atoms with Crippen LogP contribution < -0.4 is 4.89 Å². The molecule has 0 amide bonds. The van der Waals surface area contributed by atoms with Crippen LogP contribution in [0.5, 0.6) is 0 Å². The van der Waals surface area contributed by atoms with Gasteiger partial charge in [0.15, 0.2) is 0 Å². The quantitative estimate of drug-likeness (QED) is 0.529. The van der Waals surface area contributed by atoms with E-state index < -0.39 is 6.72 Å². The molecule has 0 N–H and O–H groups in total. The Morgan fingerprint density at radius 3 is 1.80 bits per heavy atom. The normalized spacial score (nSPS) is 10.7. The molecule has 0 aliphatic rings. The van der Waals surface area contributed by atoms with Crippen molar-refractivity contribution < 1.29 is 33.4 Å². The first-order chi connectivity index (χ1) is 4.12. The molecule has 0 atom stereocenters. The van der Waals surface area contributed by atoms with Crippen molar-refractivity contribution in [2.24, 2.45) is 0 Å². The molecular formula is C4H10O3PSZn+. The molecule has 3 nitrogen and oxygen atoms in total. The van der Waals surface area contributed by atoms with E-state index in [2.05, 4.69) is 20.9 Å². The van der Waals surface area contributed by atoms with Gasteiger partial charge in [-0.1, -0.05) is 11.8 Å². The molecule has 0 aliphatic heterocycles. The van der Waals surface area contributed by atoms with Crippen molar-refractivity contribution in [2.75, 3.05) is 13.2 Å². The standard InChI is InChI=1S/C4H11O3PS.Zn/c1-3-6-8(5,9)7-4-2;/h3-4H2,1-2H3,(H,5,9);/q;+2/p-1. The first kappa shape index (κ1) is 13.7. The average Bonchev–Trinajstić information content (AvgIpc) is 1.64. The second-order valence-electron chi connectivity index (χ2n) is 1.28. The van der Waals surface area contributed by atoms with Crippen LogP contribution in [0.3, 0.4) is 0 Å². The molecule has 0 spiro atoms. The van der Waals surface area contributed by atoms with Crippen molar-refractivity contribution in [3.05, 3.63) is 0 Å². The summed E-state index contributed by atoms with van der Waals surface area (Å²) >= 11 is 4.45. The van der Waals surface area contributed by atoms with Gasteiger partial charge < -0.3 is 13.9 Å². The zero-order valence-electron chi connectivity index (χ0n) is 6.20. The predicted molar refractivity (Wildman–Crippen MR) is 37.5 cm³/mol. The van der Waals surface area contributed by atoms with Gasteiger partial charge in [0.1, 0.15) is 6.72 Å². The largest absolute Gasteiger partial charge is 2.00 e. The van der Waals surface area contributed by atoms with Gasteiger partial charge in [0.05, 0.1) is 13.2 Å². The van der Waals surface area contributed by atoms with Crippen LogP contribution >= 0.6 is 6.72 Å². The fourth-order valence-electron chi connectivity index (χ4n) is 0.353. The molecule has 0 saturated carbocycles. The third kappa shape index (κ3) is 7.26. The van der Waals surface area contributed by atoms with Crippen LogP contribution in [0.2, 0.25) is 0 Å². The molecule has 0 aromatic heterocycles. The Hall–Kier alpha value is 1.15. The minimum absolute atomic E-state index is 0. The fourth-order valence-corrected chi connectivity index (χ4v) is 1.69. The first-order valence-corrected chi connectivity index (χ1v) is 5.28. The summed E-state index contributed by atoms with van der Waals surface area (Å²) in [7, 11) is 0. The SMILES string of the molecule is CCOP([O-])(=S)OCC.[Zn+2]. The molecular weight excluding hydrogens is 224 g/mol. The fraction of sp³-hybridized carbons (Fsp3) is 1.00.